The molecule has 35 heavy (non-hydrogen) atoms. The maximum Gasteiger partial charge on any atom is 0.303 e. The van der Waals surface area contributed by atoms with Gasteiger partial charge < -0.3 is 15.7 Å². The van der Waals surface area contributed by atoms with Gasteiger partial charge in [-0.25, -0.2) is 4.39 Å². The van der Waals surface area contributed by atoms with Gasteiger partial charge in [0.1, 0.15) is 11.9 Å². The number of carbonyl (C=O) groups is 3. The summed E-state index contributed by atoms with van der Waals surface area (Å²) in [5.41, 5.74) is 1.36. The van der Waals surface area contributed by atoms with E-state index in [2.05, 4.69) is 10.6 Å². The van der Waals surface area contributed by atoms with Gasteiger partial charge in [-0.3, -0.25) is 14.4 Å². The van der Waals surface area contributed by atoms with Crippen molar-refractivity contribution in [3.8, 4) is 10.4 Å². The van der Waals surface area contributed by atoms with Crippen molar-refractivity contribution in [3.63, 3.8) is 0 Å². The van der Waals surface area contributed by atoms with Gasteiger partial charge in [-0.1, -0.05) is 35.9 Å². The zero-order valence-corrected chi connectivity index (χ0v) is 20.9. The van der Waals surface area contributed by atoms with E-state index >= 15 is 0 Å². The van der Waals surface area contributed by atoms with E-state index in [0.29, 0.717) is 16.3 Å². The van der Waals surface area contributed by atoms with Crippen LogP contribution < -0.4 is 10.6 Å². The Hall–Kier alpha value is -3.23. The maximum atomic E-state index is 13.2. The lowest BCUT2D eigenvalue weighted by molar-refractivity contribution is -0.137. The molecule has 2 aromatic carbocycles. The van der Waals surface area contributed by atoms with E-state index in [9.17, 15) is 18.8 Å². The Balaban J connectivity index is 1.68. The Kier molecular flexibility index (Phi) is 8.64. The molecule has 3 aromatic rings. The number of aliphatic carboxylic acids is 1. The first-order chi connectivity index (χ1) is 16.5. The molecule has 0 aliphatic heterocycles. The molecular formula is C26H26ClFN2O4S. The van der Waals surface area contributed by atoms with Crippen LogP contribution >= 0.6 is 22.9 Å². The van der Waals surface area contributed by atoms with Crippen molar-refractivity contribution in [3.05, 3.63) is 81.9 Å². The Labute approximate surface area is 212 Å². The molecule has 3 N–H and O–H groups in total. The summed E-state index contributed by atoms with van der Waals surface area (Å²) in [7, 11) is 0. The van der Waals surface area contributed by atoms with Crippen LogP contribution in [0.1, 0.15) is 42.6 Å². The van der Waals surface area contributed by atoms with Crippen molar-refractivity contribution in [2.45, 2.75) is 44.7 Å². The van der Waals surface area contributed by atoms with Gasteiger partial charge in [0.05, 0.1) is 4.34 Å². The minimum Gasteiger partial charge on any atom is -0.481 e. The molecule has 2 amide bonds. The summed E-state index contributed by atoms with van der Waals surface area (Å²) in [6, 6.07) is 15.5. The van der Waals surface area contributed by atoms with Crippen LogP contribution in [-0.4, -0.2) is 34.5 Å². The van der Waals surface area contributed by atoms with Crippen molar-refractivity contribution in [2.75, 3.05) is 0 Å². The highest BCUT2D eigenvalue weighted by molar-refractivity contribution is 7.19. The molecule has 0 spiro atoms. The van der Waals surface area contributed by atoms with Crippen LogP contribution in [0.5, 0.6) is 0 Å². The number of carboxylic acids is 1. The number of hydrogen-bond donors (Lipinski definition) is 3. The van der Waals surface area contributed by atoms with Crippen molar-refractivity contribution in [1.82, 2.24) is 10.6 Å². The molecular weight excluding hydrogens is 491 g/mol. The Morgan fingerprint density at radius 3 is 2.26 bits per heavy atom. The van der Waals surface area contributed by atoms with Crippen molar-refractivity contribution < 1.29 is 23.9 Å². The van der Waals surface area contributed by atoms with Crippen molar-refractivity contribution >= 4 is 40.7 Å². The summed E-state index contributed by atoms with van der Waals surface area (Å²) in [4.78, 5) is 38.0. The van der Waals surface area contributed by atoms with Crippen molar-refractivity contribution in [1.29, 1.82) is 0 Å². The van der Waals surface area contributed by atoms with Gasteiger partial charge in [0.25, 0.3) is 5.91 Å². The number of rotatable bonds is 10. The SMILES string of the molecule is CC(C)(Cc1ccc(F)cc1)NC(=O)[C@@H](CCC(=O)O)NC(=O)c1ccc(-c2ccc(Cl)s2)cc1. The number of thiophene rings is 1. The molecule has 0 aliphatic carbocycles. The minimum atomic E-state index is -1.07. The second kappa shape index (κ2) is 11.5. The lowest BCUT2D eigenvalue weighted by Crippen LogP contribution is -2.54. The van der Waals surface area contributed by atoms with E-state index in [4.69, 9.17) is 16.7 Å². The number of benzene rings is 2. The van der Waals surface area contributed by atoms with Gasteiger partial charge in [-0.15, -0.1) is 11.3 Å². The fourth-order valence-corrected chi connectivity index (χ4v) is 4.66. The maximum absolute atomic E-state index is 13.2. The molecule has 0 fully saturated rings. The molecule has 3 rings (SSSR count). The normalized spacial score (nSPS) is 12.1. The molecule has 0 bridgehead atoms. The summed E-state index contributed by atoms with van der Waals surface area (Å²) >= 11 is 7.41. The molecule has 1 heterocycles. The molecule has 0 radical (unpaired) electrons. The average Bonchev–Trinajstić information content (AvgIpc) is 3.23. The number of carbonyl (C=O) groups excluding carboxylic acids is 2. The molecule has 1 aromatic heterocycles. The van der Waals surface area contributed by atoms with Crippen LogP contribution in [0, 0.1) is 5.82 Å². The molecule has 0 saturated carbocycles. The van der Waals surface area contributed by atoms with Gasteiger partial charge in [0.15, 0.2) is 0 Å². The lowest BCUT2D eigenvalue weighted by atomic mass is 9.94. The fourth-order valence-electron chi connectivity index (χ4n) is 3.61. The zero-order chi connectivity index (χ0) is 25.6. The van der Waals surface area contributed by atoms with Crippen LogP contribution in [0.15, 0.2) is 60.7 Å². The molecule has 184 valence electrons. The number of hydrogen-bond acceptors (Lipinski definition) is 4. The summed E-state index contributed by atoms with van der Waals surface area (Å²) in [6.45, 7) is 3.61. The molecule has 6 nitrogen and oxygen atoms in total. The Morgan fingerprint density at radius 1 is 1.03 bits per heavy atom. The highest BCUT2D eigenvalue weighted by atomic mass is 35.5. The predicted molar refractivity (Wildman–Crippen MR) is 135 cm³/mol. The monoisotopic (exact) mass is 516 g/mol. The third-order valence-corrected chi connectivity index (χ3v) is 6.57. The van der Waals surface area contributed by atoms with Gasteiger partial charge in [0, 0.05) is 22.4 Å². The highest BCUT2D eigenvalue weighted by Crippen LogP contribution is 2.31. The summed E-state index contributed by atoms with van der Waals surface area (Å²) in [5.74, 6) is -2.39. The predicted octanol–water partition coefficient (Wildman–Crippen LogP) is 5.31. The molecule has 0 unspecified atom stereocenters. The van der Waals surface area contributed by atoms with E-state index in [1.807, 2.05) is 6.07 Å². The first kappa shape index (κ1) is 26.4. The van der Waals surface area contributed by atoms with Crippen molar-refractivity contribution in [2.24, 2.45) is 0 Å². The number of carboxylic acid groups (broad SMARTS) is 1. The first-order valence-electron chi connectivity index (χ1n) is 11.0. The zero-order valence-electron chi connectivity index (χ0n) is 19.3. The van der Waals surface area contributed by atoms with Crippen LogP contribution in [0.25, 0.3) is 10.4 Å². The number of halogens is 2. The van der Waals surface area contributed by atoms with E-state index in [-0.39, 0.29) is 18.7 Å². The molecule has 1 atom stereocenters. The minimum absolute atomic E-state index is 0.0642. The topological polar surface area (TPSA) is 95.5 Å². The van der Waals surface area contributed by atoms with E-state index < -0.39 is 29.4 Å². The van der Waals surface area contributed by atoms with Crippen LogP contribution in [0.3, 0.4) is 0 Å². The standard InChI is InChI=1S/C26H26ClFN2O4S/c1-26(2,15-16-3-9-19(28)10-4-16)30-25(34)20(11-14-23(31)32)29-24(33)18-7-5-17(6-8-18)21-12-13-22(27)35-21/h3-10,12-13,20H,11,14-15H2,1-2H3,(H,29,33)(H,30,34)(H,31,32)/t20-/m1/s1. The quantitative estimate of drug-likeness (QED) is 0.340. The first-order valence-corrected chi connectivity index (χ1v) is 12.2. The summed E-state index contributed by atoms with van der Waals surface area (Å²) in [5, 5.41) is 14.6. The smallest absolute Gasteiger partial charge is 0.303 e. The van der Waals surface area contributed by atoms with Gasteiger partial charge in [0.2, 0.25) is 5.91 Å². The third-order valence-electron chi connectivity index (χ3n) is 5.29. The highest BCUT2D eigenvalue weighted by Gasteiger charge is 2.28. The number of amides is 2. The van der Waals surface area contributed by atoms with Crippen LogP contribution in [-0.2, 0) is 16.0 Å². The van der Waals surface area contributed by atoms with Gasteiger partial charge >= 0.3 is 5.97 Å². The molecule has 0 aliphatic rings. The van der Waals surface area contributed by atoms with E-state index in [1.54, 1.807) is 56.3 Å². The molecule has 9 heteroatoms. The number of nitrogens with one attached hydrogen (secondary N) is 2. The van der Waals surface area contributed by atoms with E-state index in [1.165, 1.54) is 23.5 Å². The fraction of sp³-hybridized carbons (Fsp3) is 0.269. The van der Waals surface area contributed by atoms with Crippen LogP contribution in [0.2, 0.25) is 4.34 Å². The second-order valence-electron chi connectivity index (χ2n) is 8.82. The van der Waals surface area contributed by atoms with Gasteiger partial charge in [-0.05, 0) is 74.2 Å². The molecule has 0 saturated heterocycles. The average molecular weight is 517 g/mol. The van der Waals surface area contributed by atoms with E-state index in [0.717, 1.165) is 16.0 Å². The van der Waals surface area contributed by atoms with Crippen LogP contribution in [0.4, 0.5) is 4.39 Å². The second-order valence-corrected chi connectivity index (χ2v) is 10.5. The largest absolute Gasteiger partial charge is 0.481 e. The summed E-state index contributed by atoms with van der Waals surface area (Å²) < 4.78 is 13.9. The Morgan fingerprint density at radius 2 is 1.69 bits per heavy atom. The Bertz CT molecular complexity index is 1190. The van der Waals surface area contributed by atoms with Gasteiger partial charge in [-0.2, -0.15) is 0 Å². The summed E-state index contributed by atoms with van der Waals surface area (Å²) in [6.07, 6.45) is 0.0764. The lowest BCUT2D eigenvalue weighted by Gasteiger charge is -2.29. The third kappa shape index (κ3) is 7.90.